The third kappa shape index (κ3) is 2.22. The number of aromatic nitrogens is 1. The highest BCUT2D eigenvalue weighted by Gasteiger charge is 2.11. The van der Waals surface area contributed by atoms with Crippen molar-refractivity contribution >= 4 is 5.69 Å². The molecule has 0 spiro atoms. The topological polar surface area (TPSA) is 57.4 Å². The lowest BCUT2D eigenvalue weighted by molar-refractivity contribution is 0.404. The van der Waals surface area contributed by atoms with Crippen molar-refractivity contribution in [3.63, 3.8) is 0 Å². The molecule has 2 rings (SSSR count). The van der Waals surface area contributed by atoms with Gasteiger partial charge in [0.1, 0.15) is 11.5 Å². The van der Waals surface area contributed by atoms with Gasteiger partial charge in [0.2, 0.25) is 0 Å². The van der Waals surface area contributed by atoms with E-state index >= 15 is 0 Å². The summed E-state index contributed by atoms with van der Waals surface area (Å²) in [7, 11) is 3.24. The summed E-state index contributed by atoms with van der Waals surface area (Å²) in [5.74, 6) is 1.46. The molecule has 0 bridgehead atoms. The molecule has 0 atom stereocenters. The number of benzene rings is 1. The molecule has 2 aromatic rings. The van der Waals surface area contributed by atoms with Gasteiger partial charge in [0.25, 0.3) is 0 Å². The summed E-state index contributed by atoms with van der Waals surface area (Å²) in [5, 5.41) is 0. The lowest BCUT2D eigenvalue weighted by Gasteiger charge is -2.12. The van der Waals surface area contributed by atoms with Gasteiger partial charge in [-0.2, -0.15) is 0 Å². The molecule has 0 aliphatic heterocycles. The van der Waals surface area contributed by atoms with E-state index in [-0.39, 0.29) is 0 Å². The van der Waals surface area contributed by atoms with Gasteiger partial charge in [-0.1, -0.05) is 0 Å². The Morgan fingerprint density at radius 3 is 2.50 bits per heavy atom. The second kappa shape index (κ2) is 4.96. The first-order valence-electron chi connectivity index (χ1n) is 5.60. The maximum absolute atomic E-state index is 6.01. The number of hydrogen-bond donors (Lipinski definition) is 1. The summed E-state index contributed by atoms with van der Waals surface area (Å²) in [6.07, 6.45) is 1.78. The Hall–Kier alpha value is -2.23. The first kappa shape index (κ1) is 12.2. The molecule has 0 saturated carbocycles. The first-order valence-corrected chi connectivity index (χ1v) is 5.60. The molecule has 4 nitrogen and oxygen atoms in total. The third-order valence-electron chi connectivity index (χ3n) is 2.72. The average molecular weight is 244 g/mol. The van der Waals surface area contributed by atoms with Crippen molar-refractivity contribution < 1.29 is 9.47 Å². The number of ether oxygens (including phenoxy) is 2. The summed E-state index contributed by atoms with van der Waals surface area (Å²) in [6.45, 7) is 1.95. The Morgan fingerprint density at radius 2 is 1.89 bits per heavy atom. The standard InChI is InChI=1S/C14H16N2O2/c1-9-6-12(15)14(16-8-9)11-7-10(17-2)4-5-13(11)18-3/h4-8H,15H2,1-3H3. The van der Waals surface area contributed by atoms with Gasteiger partial charge in [-0.15, -0.1) is 0 Å². The van der Waals surface area contributed by atoms with Crippen LogP contribution in [-0.4, -0.2) is 19.2 Å². The van der Waals surface area contributed by atoms with E-state index in [1.807, 2.05) is 31.2 Å². The van der Waals surface area contributed by atoms with E-state index in [1.54, 1.807) is 20.4 Å². The average Bonchev–Trinajstić information content (AvgIpc) is 2.38. The van der Waals surface area contributed by atoms with Gasteiger partial charge >= 0.3 is 0 Å². The smallest absolute Gasteiger partial charge is 0.128 e. The molecular formula is C14H16N2O2. The summed E-state index contributed by atoms with van der Waals surface area (Å²) in [5.41, 5.74) is 9.20. The van der Waals surface area contributed by atoms with Gasteiger partial charge < -0.3 is 15.2 Å². The van der Waals surface area contributed by atoms with Crippen LogP contribution in [0.5, 0.6) is 11.5 Å². The van der Waals surface area contributed by atoms with Gasteiger partial charge in [0.15, 0.2) is 0 Å². The van der Waals surface area contributed by atoms with E-state index in [0.29, 0.717) is 11.4 Å². The number of rotatable bonds is 3. The van der Waals surface area contributed by atoms with E-state index in [1.165, 1.54) is 0 Å². The van der Waals surface area contributed by atoms with Gasteiger partial charge in [-0.25, -0.2) is 0 Å². The second-order valence-corrected chi connectivity index (χ2v) is 4.02. The van der Waals surface area contributed by atoms with Crippen LogP contribution in [0.3, 0.4) is 0 Å². The highest BCUT2D eigenvalue weighted by molar-refractivity contribution is 5.78. The zero-order valence-corrected chi connectivity index (χ0v) is 10.7. The van der Waals surface area contributed by atoms with Crippen molar-refractivity contribution in [2.24, 2.45) is 0 Å². The zero-order chi connectivity index (χ0) is 13.1. The SMILES string of the molecule is COc1ccc(OC)c(-c2ncc(C)cc2N)c1. The summed E-state index contributed by atoms with van der Waals surface area (Å²) >= 11 is 0. The lowest BCUT2D eigenvalue weighted by Crippen LogP contribution is -1.97. The summed E-state index contributed by atoms with van der Waals surface area (Å²) in [4.78, 5) is 4.37. The Morgan fingerprint density at radius 1 is 1.11 bits per heavy atom. The number of methoxy groups -OCH3 is 2. The van der Waals surface area contributed by atoms with Gasteiger partial charge in [0.05, 0.1) is 25.6 Å². The van der Waals surface area contributed by atoms with Crippen molar-refractivity contribution in [3.05, 3.63) is 36.0 Å². The zero-order valence-electron chi connectivity index (χ0n) is 10.7. The predicted octanol–water partition coefficient (Wildman–Crippen LogP) is 2.66. The van der Waals surface area contributed by atoms with Crippen LogP contribution in [0.15, 0.2) is 30.5 Å². The van der Waals surface area contributed by atoms with Crippen LogP contribution in [0.4, 0.5) is 5.69 Å². The fourth-order valence-electron chi connectivity index (χ4n) is 1.82. The fourth-order valence-corrected chi connectivity index (χ4v) is 1.82. The Bertz CT molecular complexity index is 568. The number of anilines is 1. The molecule has 18 heavy (non-hydrogen) atoms. The van der Waals surface area contributed by atoms with E-state index < -0.39 is 0 Å². The van der Waals surface area contributed by atoms with Crippen molar-refractivity contribution in [2.45, 2.75) is 6.92 Å². The minimum Gasteiger partial charge on any atom is -0.497 e. The number of aryl methyl sites for hydroxylation is 1. The molecule has 0 radical (unpaired) electrons. The molecule has 1 aromatic carbocycles. The predicted molar refractivity (Wildman–Crippen MR) is 71.9 cm³/mol. The summed E-state index contributed by atoms with van der Waals surface area (Å²) in [6, 6.07) is 7.44. The van der Waals surface area contributed by atoms with Gasteiger partial charge in [-0.3, -0.25) is 4.98 Å². The van der Waals surface area contributed by atoms with Crippen LogP contribution in [0.25, 0.3) is 11.3 Å². The molecule has 0 aliphatic carbocycles. The molecule has 0 saturated heterocycles. The number of nitrogen functional groups attached to an aromatic ring is 1. The molecular weight excluding hydrogens is 228 g/mol. The van der Waals surface area contributed by atoms with Crippen molar-refractivity contribution in [3.8, 4) is 22.8 Å². The summed E-state index contributed by atoms with van der Waals surface area (Å²) < 4.78 is 10.5. The van der Waals surface area contributed by atoms with E-state index in [9.17, 15) is 0 Å². The largest absolute Gasteiger partial charge is 0.497 e. The minimum atomic E-state index is 0.626. The molecule has 0 fully saturated rings. The highest BCUT2D eigenvalue weighted by atomic mass is 16.5. The molecule has 0 aliphatic rings. The molecule has 4 heteroatoms. The van der Waals surface area contributed by atoms with Crippen molar-refractivity contribution in [1.29, 1.82) is 0 Å². The number of hydrogen-bond acceptors (Lipinski definition) is 4. The van der Waals surface area contributed by atoms with Crippen LogP contribution in [-0.2, 0) is 0 Å². The van der Waals surface area contributed by atoms with Crippen molar-refractivity contribution in [2.75, 3.05) is 20.0 Å². The van der Waals surface area contributed by atoms with Crippen molar-refractivity contribution in [1.82, 2.24) is 4.98 Å². The van der Waals surface area contributed by atoms with Crippen LogP contribution >= 0.6 is 0 Å². The van der Waals surface area contributed by atoms with Crippen LogP contribution in [0.1, 0.15) is 5.56 Å². The second-order valence-electron chi connectivity index (χ2n) is 4.02. The minimum absolute atomic E-state index is 0.626. The van der Waals surface area contributed by atoms with E-state index in [2.05, 4.69) is 4.98 Å². The van der Waals surface area contributed by atoms with Crippen LogP contribution in [0.2, 0.25) is 0 Å². The Kier molecular flexibility index (Phi) is 3.37. The lowest BCUT2D eigenvalue weighted by atomic mass is 10.1. The number of nitrogens with zero attached hydrogens (tertiary/aromatic N) is 1. The maximum Gasteiger partial charge on any atom is 0.128 e. The van der Waals surface area contributed by atoms with E-state index in [0.717, 1.165) is 22.6 Å². The Labute approximate surface area is 106 Å². The highest BCUT2D eigenvalue weighted by Crippen LogP contribution is 2.35. The quantitative estimate of drug-likeness (QED) is 0.901. The molecule has 1 aromatic heterocycles. The first-order chi connectivity index (χ1) is 8.65. The molecule has 0 amide bonds. The fraction of sp³-hybridized carbons (Fsp3) is 0.214. The molecule has 1 heterocycles. The maximum atomic E-state index is 6.01. The number of nitrogens with two attached hydrogens (primary N) is 1. The van der Waals surface area contributed by atoms with Gasteiger partial charge in [-0.05, 0) is 36.8 Å². The van der Waals surface area contributed by atoms with Crippen LogP contribution in [0, 0.1) is 6.92 Å². The normalized spacial score (nSPS) is 10.2. The molecule has 2 N–H and O–H groups in total. The molecule has 0 unspecified atom stereocenters. The van der Waals surface area contributed by atoms with Gasteiger partial charge in [0, 0.05) is 11.8 Å². The number of pyridine rings is 1. The monoisotopic (exact) mass is 244 g/mol. The Balaban J connectivity index is 2.60. The van der Waals surface area contributed by atoms with Crippen LogP contribution < -0.4 is 15.2 Å². The van der Waals surface area contributed by atoms with E-state index in [4.69, 9.17) is 15.2 Å². The third-order valence-corrected chi connectivity index (χ3v) is 2.72. The molecule has 94 valence electrons.